The van der Waals surface area contributed by atoms with Gasteiger partial charge in [0, 0.05) is 0 Å². The molecule has 0 fully saturated rings. The lowest BCUT2D eigenvalue weighted by atomic mass is 10.1. The second-order valence-electron chi connectivity index (χ2n) is 3.56. The number of carbonyl (C=O) groups excluding carboxylic acids is 2. The molecule has 92 valence electrons. The van der Waals surface area contributed by atoms with E-state index in [4.69, 9.17) is 0 Å². The molecule has 0 saturated carbocycles. The van der Waals surface area contributed by atoms with Crippen LogP contribution in [0.1, 0.15) is 18.5 Å². The second kappa shape index (κ2) is 6.65. The third-order valence-electron chi connectivity index (χ3n) is 2.13. The quantitative estimate of drug-likeness (QED) is 0.731. The number of hydrogen-bond donors (Lipinski definition) is 1. The van der Waals surface area contributed by atoms with Gasteiger partial charge in [-0.05, 0) is 12.5 Å². The van der Waals surface area contributed by atoms with Gasteiger partial charge in [-0.25, -0.2) is 0 Å². The first-order chi connectivity index (χ1) is 8.09. The van der Waals surface area contributed by atoms with Crippen LogP contribution >= 0.6 is 0 Å². The lowest BCUT2D eigenvalue weighted by Gasteiger charge is -2.14. The maximum absolute atomic E-state index is 11.4. The number of hydrogen-bond acceptors (Lipinski definition) is 4. The Morgan fingerprint density at radius 3 is 2.53 bits per heavy atom. The van der Waals surface area contributed by atoms with Crippen molar-refractivity contribution in [3.63, 3.8) is 0 Å². The summed E-state index contributed by atoms with van der Waals surface area (Å²) < 4.78 is 4.62. The highest BCUT2D eigenvalue weighted by molar-refractivity contribution is 5.78. The summed E-state index contributed by atoms with van der Waals surface area (Å²) in [6, 6.07) is 9.30. The molecule has 5 heteroatoms. The summed E-state index contributed by atoms with van der Waals surface area (Å²) in [7, 11) is 0. The molecule has 1 N–H and O–H groups in total. The molecule has 1 rings (SSSR count). The van der Waals surface area contributed by atoms with Crippen molar-refractivity contribution in [3.05, 3.63) is 35.9 Å². The minimum Gasteiger partial charge on any atom is -0.548 e. The molecule has 0 aromatic heterocycles. The number of nitrogens with one attached hydrogen (secondary N) is 1. The molecule has 0 bridgehead atoms. The van der Waals surface area contributed by atoms with Crippen LogP contribution in [0, 0.1) is 0 Å². The van der Waals surface area contributed by atoms with E-state index < -0.39 is 12.6 Å². The third-order valence-corrected chi connectivity index (χ3v) is 2.13. The van der Waals surface area contributed by atoms with E-state index >= 15 is 0 Å². The number of amides is 1. The smallest absolute Gasteiger partial charge is 0.246 e. The van der Waals surface area contributed by atoms with Crippen molar-refractivity contribution < 1.29 is 19.4 Å². The highest BCUT2D eigenvalue weighted by Crippen LogP contribution is 2.10. The number of benzene rings is 1. The maximum atomic E-state index is 11.4. The number of aliphatic carboxylic acids is 1. The fraction of sp³-hybridized carbons (Fsp3) is 0.333. The van der Waals surface area contributed by atoms with E-state index in [1.807, 2.05) is 37.3 Å². The second-order valence-corrected chi connectivity index (χ2v) is 3.56. The summed E-state index contributed by atoms with van der Waals surface area (Å²) in [4.78, 5) is 21.4. The van der Waals surface area contributed by atoms with Crippen LogP contribution in [-0.4, -0.2) is 25.1 Å². The molecule has 0 aliphatic carbocycles. The van der Waals surface area contributed by atoms with E-state index in [2.05, 4.69) is 10.1 Å². The molecule has 1 amide bonds. The molecule has 0 spiro atoms. The topological polar surface area (TPSA) is 78.5 Å². The van der Waals surface area contributed by atoms with Crippen LogP contribution in [0.2, 0.25) is 0 Å². The predicted molar refractivity (Wildman–Crippen MR) is 58.8 cm³/mol. The molecule has 0 heterocycles. The molecule has 0 aliphatic rings. The van der Waals surface area contributed by atoms with Gasteiger partial charge in [0.2, 0.25) is 5.91 Å². The first-order valence-electron chi connectivity index (χ1n) is 5.21. The third kappa shape index (κ3) is 5.12. The molecule has 5 nitrogen and oxygen atoms in total. The molecule has 1 aromatic carbocycles. The summed E-state index contributed by atoms with van der Waals surface area (Å²) in [5.41, 5.74) is 0.973. The standard InChI is InChI=1S/C12H15NO4/c1-9(10-5-3-2-4-6-10)13-11(14)7-17-8-12(15)16/h2-6,9H,7-8H2,1H3,(H,13,14)(H,15,16)/p-1/t9-/m0/s1. The number of rotatable bonds is 6. The first kappa shape index (κ1) is 13.2. The summed E-state index contributed by atoms with van der Waals surface area (Å²) in [5, 5.41) is 12.7. The van der Waals surface area contributed by atoms with Crippen molar-refractivity contribution in [1.29, 1.82) is 0 Å². The van der Waals surface area contributed by atoms with Crippen LogP contribution in [-0.2, 0) is 14.3 Å². The Labute approximate surface area is 99.4 Å². The highest BCUT2D eigenvalue weighted by Gasteiger charge is 2.08. The van der Waals surface area contributed by atoms with Crippen LogP contribution < -0.4 is 10.4 Å². The predicted octanol–water partition coefficient (Wildman–Crippen LogP) is -0.370. The van der Waals surface area contributed by atoms with E-state index in [0.717, 1.165) is 5.56 Å². The van der Waals surface area contributed by atoms with Crippen molar-refractivity contribution in [1.82, 2.24) is 5.32 Å². The fourth-order valence-electron chi connectivity index (χ4n) is 1.34. The first-order valence-corrected chi connectivity index (χ1v) is 5.21. The van der Waals surface area contributed by atoms with Crippen LogP contribution in [0.15, 0.2) is 30.3 Å². The fourth-order valence-corrected chi connectivity index (χ4v) is 1.34. The molecule has 1 atom stereocenters. The lowest BCUT2D eigenvalue weighted by Crippen LogP contribution is -2.33. The molecular weight excluding hydrogens is 222 g/mol. The Balaban J connectivity index is 2.34. The van der Waals surface area contributed by atoms with E-state index in [1.54, 1.807) is 0 Å². The van der Waals surface area contributed by atoms with Crippen LogP contribution in [0.4, 0.5) is 0 Å². The van der Waals surface area contributed by atoms with Crippen molar-refractivity contribution >= 4 is 11.9 Å². The Kier molecular flexibility index (Phi) is 5.16. The van der Waals surface area contributed by atoms with Crippen molar-refractivity contribution in [2.75, 3.05) is 13.2 Å². The van der Waals surface area contributed by atoms with Crippen LogP contribution in [0.3, 0.4) is 0 Å². The molecular formula is C12H14NO4-. The van der Waals surface area contributed by atoms with Crippen LogP contribution in [0.25, 0.3) is 0 Å². The Morgan fingerprint density at radius 1 is 1.29 bits per heavy atom. The number of carboxylic acids is 1. The van der Waals surface area contributed by atoms with Gasteiger partial charge in [-0.3, -0.25) is 4.79 Å². The summed E-state index contributed by atoms with van der Waals surface area (Å²) in [6.07, 6.45) is 0. The largest absolute Gasteiger partial charge is 0.548 e. The zero-order valence-corrected chi connectivity index (χ0v) is 9.51. The van der Waals surface area contributed by atoms with E-state index in [1.165, 1.54) is 0 Å². The zero-order valence-electron chi connectivity index (χ0n) is 9.51. The Morgan fingerprint density at radius 2 is 1.94 bits per heavy atom. The van der Waals surface area contributed by atoms with Gasteiger partial charge in [0.25, 0.3) is 0 Å². The van der Waals surface area contributed by atoms with Gasteiger partial charge < -0.3 is 20.0 Å². The van der Waals surface area contributed by atoms with Gasteiger partial charge >= 0.3 is 0 Å². The van der Waals surface area contributed by atoms with E-state index in [-0.39, 0.29) is 18.6 Å². The van der Waals surface area contributed by atoms with Gasteiger partial charge in [-0.15, -0.1) is 0 Å². The summed E-state index contributed by atoms with van der Waals surface area (Å²) in [5.74, 6) is -1.70. The number of carboxylic acid groups (broad SMARTS) is 1. The van der Waals surface area contributed by atoms with Crippen molar-refractivity contribution in [3.8, 4) is 0 Å². The summed E-state index contributed by atoms with van der Waals surface area (Å²) >= 11 is 0. The maximum Gasteiger partial charge on any atom is 0.246 e. The number of carbonyl (C=O) groups is 2. The lowest BCUT2D eigenvalue weighted by molar-refractivity contribution is -0.309. The Hall–Kier alpha value is -1.88. The van der Waals surface area contributed by atoms with Crippen molar-refractivity contribution in [2.24, 2.45) is 0 Å². The van der Waals surface area contributed by atoms with E-state index in [0.29, 0.717) is 0 Å². The average Bonchev–Trinajstić information content (AvgIpc) is 2.29. The van der Waals surface area contributed by atoms with Gasteiger partial charge in [-0.2, -0.15) is 0 Å². The Bertz CT molecular complexity index is 377. The molecule has 17 heavy (non-hydrogen) atoms. The minimum absolute atomic E-state index is 0.143. The molecule has 0 saturated heterocycles. The van der Waals surface area contributed by atoms with Crippen molar-refractivity contribution in [2.45, 2.75) is 13.0 Å². The van der Waals surface area contributed by atoms with Gasteiger partial charge in [0.15, 0.2) is 0 Å². The molecule has 0 unspecified atom stereocenters. The van der Waals surface area contributed by atoms with Gasteiger partial charge in [-0.1, -0.05) is 30.3 Å². The average molecular weight is 236 g/mol. The monoisotopic (exact) mass is 236 g/mol. The number of ether oxygens (including phenoxy) is 1. The van der Waals surface area contributed by atoms with E-state index in [9.17, 15) is 14.7 Å². The normalized spacial score (nSPS) is 11.8. The highest BCUT2D eigenvalue weighted by atomic mass is 16.5. The SMILES string of the molecule is C[C@H](NC(=O)COCC(=O)[O-])c1ccccc1. The van der Waals surface area contributed by atoms with Crippen LogP contribution in [0.5, 0.6) is 0 Å². The minimum atomic E-state index is -1.34. The zero-order chi connectivity index (χ0) is 12.7. The van der Waals surface area contributed by atoms with Gasteiger partial charge in [0.1, 0.15) is 6.61 Å². The van der Waals surface area contributed by atoms with Gasteiger partial charge in [0.05, 0.1) is 18.6 Å². The molecule has 1 aromatic rings. The molecule has 0 aliphatic heterocycles. The summed E-state index contributed by atoms with van der Waals surface area (Å²) in [6.45, 7) is 0.976. The molecule has 0 radical (unpaired) electrons.